The summed E-state index contributed by atoms with van der Waals surface area (Å²) in [5, 5.41) is 23.2. The normalized spacial score (nSPS) is 13.7. The number of nitriles is 1. The number of carboxylic acids is 1. The number of anilines is 3. The van der Waals surface area contributed by atoms with Gasteiger partial charge >= 0.3 is 12.0 Å². The molecule has 0 spiro atoms. The lowest BCUT2D eigenvalue weighted by Crippen LogP contribution is -2.40. The number of pyridine rings is 1. The number of aliphatic carboxylic acids is 1. The number of nitrogens with one attached hydrogen (secondary N) is 2. The number of nitrogens with zero attached hydrogens (tertiary/aromatic N) is 3. The zero-order chi connectivity index (χ0) is 25.4. The van der Waals surface area contributed by atoms with Gasteiger partial charge in [0.05, 0.1) is 23.3 Å². The first kappa shape index (κ1) is 25.7. The van der Waals surface area contributed by atoms with Crippen LogP contribution in [0.25, 0.3) is 0 Å². The lowest BCUT2D eigenvalue weighted by molar-refractivity contribution is -0.139. The summed E-state index contributed by atoms with van der Waals surface area (Å²) in [6.45, 7) is 4.11. The predicted octanol–water partition coefficient (Wildman–Crippen LogP) is 4.99. The molecule has 1 aromatic heterocycles. The highest BCUT2D eigenvalue weighted by Gasteiger charge is 2.26. The maximum absolute atomic E-state index is 15.0. The molecule has 10 heteroatoms. The van der Waals surface area contributed by atoms with Crippen LogP contribution in [-0.4, -0.2) is 41.3 Å². The molecule has 186 valence electrons. The summed E-state index contributed by atoms with van der Waals surface area (Å²) < 4.78 is 20.1. The highest BCUT2D eigenvalue weighted by atomic mass is 19.1. The van der Waals surface area contributed by atoms with Crippen LogP contribution in [-0.2, 0) is 4.79 Å². The summed E-state index contributed by atoms with van der Waals surface area (Å²) in [7, 11) is 0. The third kappa shape index (κ3) is 7.30. The molecule has 3 rings (SSSR count). The molecule has 0 aliphatic heterocycles. The largest absolute Gasteiger partial charge is 0.479 e. The highest BCUT2D eigenvalue weighted by Crippen LogP contribution is 2.37. The molecule has 0 saturated heterocycles. The molecule has 2 amide bonds. The molecule has 2 aromatic rings. The minimum absolute atomic E-state index is 0.197. The third-order valence-corrected chi connectivity index (χ3v) is 5.67. The zero-order valence-corrected chi connectivity index (χ0v) is 19.9. The van der Waals surface area contributed by atoms with Crippen molar-refractivity contribution >= 4 is 29.1 Å². The maximum Gasteiger partial charge on any atom is 0.341 e. The maximum atomic E-state index is 15.0. The van der Waals surface area contributed by atoms with E-state index in [1.165, 1.54) is 24.4 Å². The lowest BCUT2D eigenvalue weighted by atomic mass is 9.93. The van der Waals surface area contributed by atoms with E-state index in [0.717, 1.165) is 32.1 Å². The number of ether oxygens (including phenoxy) is 1. The van der Waals surface area contributed by atoms with E-state index in [0.29, 0.717) is 23.6 Å². The fourth-order valence-electron chi connectivity index (χ4n) is 4.18. The monoisotopic (exact) mass is 483 g/mol. The number of benzene rings is 1. The molecule has 1 aromatic carbocycles. The molecule has 35 heavy (non-hydrogen) atoms. The topological polar surface area (TPSA) is 128 Å². The Kier molecular flexibility index (Phi) is 8.84. The van der Waals surface area contributed by atoms with E-state index in [1.54, 1.807) is 6.07 Å². The lowest BCUT2D eigenvalue weighted by Gasteiger charge is -2.38. The van der Waals surface area contributed by atoms with Gasteiger partial charge in [-0.15, -0.1) is 0 Å². The number of hydrogen-bond donors (Lipinski definition) is 3. The fourth-order valence-corrected chi connectivity index (χ4v) is 4.18. The first-order chi connectivity index (χ1) is 16.8. The highest BCUT2D eigenvalue weighted by molar-refractivity contribution is 6.02. The van der Waals surface area contributed by atoms with Crippen molar-refractivity contribution in [3.63, 3.8) is 0 Å². The zero-order valence-electron chi connectivity index (χ0n) is 19.9. The molecule has 0 unspecified atom stereocenters. The second-order valence-electron chi connectivity index (χ2n) is 8.94. The van der Waals surface area contributed by atoms with E-state index >= 15 is 0 Å². The Balaban J connectivity index is 1.94. The molecular formula is C25H30FN5O4. The Bertz CT molecular complexity index is 1080. The Hall–Kier alpha value is -3.87. The number of carboxylic acid groups (broad SMARTS) is 1. The number of urea groups is 1. The van der Waals surface area contributed by atoms with Crippen LogP contribution in [0.4, 0.5) is 26.2 Å². The average molecular weight is 484 g/mol. The van der Waals surface area contributed by atoms with Crippen molar-refractivity contribution in [2.45, 2.75) is 52.0 Å². The van der Waals surface area contributed by atoms with E-state index in [1.807, 2.05) is 6.07 Å². The van der Waals surface area contributed by atoms with Gasteiger partial charge in [0, 0.05) is 24.7 Å². The van der Waals surface area contributed by atoms with E-state index in [9.17, 15) is 14.0 Å². The summed E-state index contributed by atoms with van der Waals surface area (Å²) in [4.78, 5) is 29.8. The van der Waals surface area contributed by atoms with Crippen molar-refractivity contribution in [3.05, 3.63) is 42.0 Å². The number of rotatable bonds is 9. The minimum atomic E-state index is -1.24. The van der Waals surface area contributed by atoms with Crippen molar-refractivity contribution in [1.82, 2.24) is 4.98 Å². The van der Waals surface area contributed by atoms with Crippen LogP contribution in [0.2, 0.25) is 0 Å². The standard InChI is InChI=1S/C25H30FN5O4/c1-16(2)14-31(19-6-4-3-5-7-19)22-10-20(26)23(35-15-24(32)33)11-21(22)30-25(34)29-18-9-8-17(12-27)28-13-18/h8-11,13,16,19H,3-7,14-15H2,1-2H3,(H,32,33)(H2,29,30,34). The van der Waals surface area contributed by atoms with Gasteiger partial charge in [-0.25, -0.2) is 19.0 Å². The van der Waals surface area contributed by atoms with Crippen LogP contribution >= 0.6 is 0 Å². The first-order valence-electron chi connectivity index (χ1n) is 11.7. The molecule has 9 nitrogen and oxygen atoms in total. The molecule has 0 radical (unpaired) electrons. The van der Waals surface area contributed by atoms with Gasteiger partial charge in [0.1, 0.15) is 11.8 Å². The minimum Gasteiger partial charge on any atom is -0.479 e. The number of halogens is 1. The predicted molar refractivity (Wildman–Crippen MR) is 130 cm³/mol. The van der Waals surface area contributed by atoms with Crippen LogP contribution in [0, 0.1) is 23.1 Å². The molecule has 0 atom stereocenters. The van der Waals surface area contributed by atoms with Crippen LogP contribution in [0.15, 0.2) is 30.5 Å². The average Bonchev–Trinajstić information content (AvgIpc) is 2.83. The summed E-state index contributed by atoms with van der Waals surface area (Å²) in [6, 6.07) is 7.15. The molecule has 0 bridgehead atoms. The molecule has 1 saturated carbocycles. The van der Waals surface area contributed by atoms with E-state index in [-0.39, 0.29) is 23.4 Å². The fraction of sp³-hybridized carbons (Fsp3) is 0.440. The smallest absolute Gasteiger partial charge is 0.341 e. The Morgan fingerprint density at radius 1 is 1.26 bits per heavy atom. The molecule has 1 aliphatic rings. The van der Waals surface area contributed by atoms with E-state index < -0.39 is 24.4 Å². The van der Waals surface area contributed by atoms with Gasteiger partial charge in [-0.1, -0.05) is 33.1 Å². The van der Waals surface area contributed by atoms with Gasteiger partial charge in [0.2, 0.25) is 0 Å². The number of aromatic nitrogens is 1. The van der Waals surface area contributed by atoms with Crippen molar-refractivity contribution in [2.24, 2.45) is 5.92 Å². The van der Waals surface area contributed by atoms with Gasteiger partial charge < -0.3 is 25.4 Å². The van der Waals surface area contributed by atoms with Crippen molar-refractivity contribution in [2.75, 3.05) is 28.7 Å². The molecule has 1 fully saturated rings. The van der Waals surface area contributed by atoms with Crippen LogP contribution in [0.3, 0.4) is 0 Å². The number of carbonyl (C=O) groups is 2. The second kappa shape index (κ2) is 12.0. The molecular weight excluding hydrogens is 453 g/mol. The molecule has 3 N–H and O–H groups in total. The van der Waals surface area contributed by atoms with Crippen molar-refractivity contribution < 1.29 is 23.8 Å². The Morgan fingerprint density at radius 2 is 2.00 bits per heavy atom. The first-order valence-corrected chi connectivity index (χ1v) is 11.7. The summed E-state index contributed by atoms with van der Waals surface area (Å²) >= 11 is 0. The van der Waals surface area contributed by atoms with E-state index in [2.05, 4.69) is 34.4 Å². The van der Waals surface area contributed by atoms with Crippen LogP contribution in [0.1, 0.15) is 51.6 Å². The number of amides is 2. The van der Waals surface area contributed by atoms with Gasteiger partial charge in [0.25, 0.3) is 0 Å². The van der Waals surface area contributed by atoms with Gasteiger partial charge in [-0.2, -0.15) is 5.26 Å². The summed E-state index contributed by atoms with van der Waals surface area (Å²) in [5.41, 5.74) is 1.41. The third-order valence-electron chi connectivity index (χ3n) is 5.67. The van der Waals surface area contributed by atoms with Gasteiger partial charge in [0.15, 0.2) is 18.2 Å². The van der Waals surface area contributed by atoms with Gasteiger partial charge in [-0.05, 0) is 30.9 Å². The SMILES string of the molecule is CC(C)CN(c1cc(F)c(OCC(=O)O)cc1NC(=O)Nc1ccc(C#N)nc1)C1CCCCC1. The summed E-state index contributed by atoms with van der Waals surface area (Å²) in [5.74, 6) is -1.92. The Morgan fingerprint density at radius 3 is 2.60 bits per heavy atom. The van der Waals surface area contributed by atoms with Crippen molar-refractivity contribution in [1.29, 1.82) is 5.26 Å². The summed E-state index contributed by atoms with van der Waals surface area (Å²) in [6.07, 6.45) is 6.61. The Labute approximate surface area is 203 Å². The van der Waals surface area contributed by atoms with E-state index in [4.69, 9.17) is 15.1 Å². The van der Waals surface area contributed by atoms with Crippen LogP contribution < -0.4 is 20.3 Å². The van der Waals surface area contributed by atoms with Gasteiger partial charge in [-0.3, -0.25) is 0 Å². The quantitative estimate of drug-likeness (QED) is 0.458. The number of carbonyl (C=O) groups excluding carboxylic acids is 1. The molecule has 1 aliphatic carbocycles. The van der Waals surface area contributed by atoms with Crippen molar-refractivity contribution in [3.8, 4) is 11.8 Å². The number of hydrogen-bond acceptors (Lipinski definition) is 6. The molecule has 1 heterocycles. The second-order valence-corrected chi connectivity index (χ2v) is 8.94. The van der Waals surface area contributed by atoms with Crippen LogP contribution in [0.5, 0.6) is 5.75 Å².